The molecule has 1 aromatic rings. The van der Waals surface area contributed by atoms with Crippen LogP contribution in [0.4, 0.5) is 5.69 Å². The van der Waals surface area contributed by atoms with Crippen molar-refractivity contribution in [2.45, 2.75) is 18.7 Å². The van der Waals surface area contributed by atoms with Crippen LogP contribution in [0.2, 0.25) is 0 Å². The third-order valence-electron chi connectivity index (χ3n) is 3.54. The zero-order valence-corrected chi connectivity index (χ0v) is 12.0. The van der Waals surface area contributed by atoms with Crippen LogP contribution < -0.4 is 4.90 Å². The molecule has 1 fully saturated rings. The van der Waals surface area contributed by atoms with Crippen LogP contribution in [-0.4, -0.2) is 43.6 Å². The fourth-order valence-electron chi connectivity index (χ4n) is 2.63. The van der Waals surface area contributed by atoms with Gasteiger partial charge in [0.2, 0.25) is 0 Å². The second-order valence-electron chi connectivity index (χ2n) is 5.33. The van der Waals surface area contributed by atoms with Crippen LogP contribution in [0.5, 0.6) is 0 Å². The lowest BCUT2D eigenvalue weighted by Crippen LogP contribution is -2.37. The van der Waals surface area contributed by atoms with Crippen molar-refractivity contribution in [3.05, 3.63) is 24.0 Å². The molecule has 0 unspecified atom stereocenters. The standard InChI is InChI=1S/C14H22ClN3/c1-17(2)11-12-4-7-18(8-5-12)14-3-6-16-13(9-14)10-15/h3,6,9,12H,4-5,7-8,10-11H2,1-2H3. The van der Waals surface area contributed by atoms with Crippen molar-refractivity contribution in [2.75, 3.05) is 38.6 Å². The summed E-state index contributed by atoms with van der Waals surface area (Å²) in [5.74, 6) is 1.33. The Labute approximate surface area is 115 Å². The Balaban J connectivity index is 1.92. The first-order valence-electron chi connectivity index (χ1n) is 6.59. The molecule has 3 nitrogen and oxygen atoms in total. The van der Waals surface area contributed by atoms with Crippen LogP contribution in [0.25, 0.3) is 0 Å². The predicted octanol–water partition coefficient (Wildman–Crippen LogP) is 2.60. The largest absolute Gasteiger partial charge is 0.371 e. The number of piperidine rings is 1. The van der Waals surface area contributed by atoms with Crippen molar-refractivity contribution in [3.63, 3.8) is 0 Å². The van der Waals surface area contributed by atoms with Gasteiger partial charge in [0.25, 0.3) is 0 Å². The van der Waals surface area contributed by atoms with Gasteiger partial charge in [0.15, 0.2) is 0 Å². The van der Waals surface area contributed by atoms with Crippen molar-refractivity contribution in [1.82, 2.24) is 9.88 Å². The number of nitrogens with zero attached hydrogens (tertiary/aromatic N) is 3. The lowest BCUT2D eigenvalue weighted by atomic mass is 9.96. The highest BCUT2D eigenvalue weighted by Crippen LogP contribution is 2.24. The highest BCUT2D eigenvalue weighted by Gasteiger charge is 2.19. The Bertz CT molecular complexity index is 373. The maximum Gasteiger partial charge on any atom is 0.0648 e. The Hall–Kier alpha value is -0.800. The molecule has 1 saturated heterocycles. The quantitative estimate of drug-likeness (QED) is 0.782. The van der Waals surface area contributed by atoms with Gasteiger partial charge in [-0.15, -0.1) is 11.6 Å². The molecule has 1 aliphatic rings. The SMILES string of the molecule is CN(C)CC1CCN(c2ccnc(CCl)c2)CC1. The summed E-state index contributed by atoms with van der Waals surface area (Å²) < 4.78 is 0. The maximum absolute atomic E-state index is 5.83. The second-order valence-corrected chi connectivity index (χ2v) is 5.60. The molecule has 0 amide bonds. The van der Waals surface area contributed by atoms with Crippen molar-refractivity contribution in [1.29, 1.82) is 0 Å². The first kappa shape index (κ1) is 13.6. The lowest BCUT2D eigenvalue weighted by molar-refractivity contribution is 0.285. The van der Waals surface area contributed by atoms with E-state index in [2.05, 4.69) is 41.0 Å². The summed E-state index contributed by atoms with van der Waals surface area (Å²) in [6, 6.07) is 4.20. The molecule has 0 aromatic carbocycles. The summed E-state index contributed by atoms with van der Waals surface area (Å²) in [7, 11) is 4.31. The zero-order chi connectivity index (χ0) is 13.0. The molecular weight excluding hydrogens is 246 g/mol. The molecule has 0 saturated carbocycles. The van der Waals surface area contributed by atoms with E-state index in [9.17, 15) is 0 Å². The van der Waals surface area contributed by atoms with Crippen LogP contribution in [0.15, 0.2) is 18.3 Å². The molecule has 1 aliphatic heterocycles. The summed E-state index contributed by atoms with van der Waals surface area (Å²) in [5.41, 5.74) is 2.23. The molecule has 0 radical (unpaired) electrons. The highest BCUT2D eigenvalue weighted by molar-refractivity contribution is 6.16. The minimum absolute atomic E-state index is 0.491. The highest BCUT2D eigenvalue weighted by atomic mass is 35.5. The van der Waals surface area contributed by atoms with E-state index in [0.717, 1.165) is 24.7 Å². The summed E-state index contributed by atoms with van der Waals surface area (Å²) >= 11 is 5.83. The molecule has 0 spiro atoms. The van der Waals surface area contributed by atoms with E-state index < -0.39 is 0 Å². The second kappa shape index (κ2) is 6.39. The van der Waals surface area contributed by atoms with Gasteiger partial charge in [0.05, 0.1) is 11.6 Å². The van der Waals surface area contributed by atoms with Gasteiger partial charge in [-0.25, -0.2) is 0 Å². The molecule has 0 aliphatic carbocycles. The molecule has 2 rings (SSSR count). The summed E-state index contributed by atoms with van der Waals surface area (Å²) in [6.07, 6.45) is 4.41. The minimum atomic E-state index is 0.491. The van der Waals surface area contributed by atoms with Crippen molar-refractivity contribution < 1.29 is 0 Å². The average Bonchev–Trinajstić information content (AvgIpc) is 2.39. The average molecular weight is 268 g/mol. The van der Waals surface area contributed by atoms with Gasteiger partial charge in [0, 0.05) is 31.5 Å². The molecule has 2 heterocycles. The van der Waals surface area contributed by atoms with E-state index in [0.29, 0.717) is 5.88 Å². The number of hydrogen-bond donors (Lipinski definition) is 0. The van der Waals surface area contributed by atoms with E-state index >= 15 is 0 Å². The van der Waals surface area contributed by atoms with Gasteiger partial charge in [-0.1, -0.05) is 0 Å². The minimum Gasteiger partial charge on any atom is -0.371 e. The zero-order valence-electron chi connectivity index (χ0n) is 11.3. The Morgan fingerprint density at radius 1 is 1.39 bits per heavy atom. The maximum atomic E-state index is 5.83. The van der Waals surface area contributed by atoms with Crippen LogP contribution in [-0.2, 0) is 5.88 Å². The predicted molar refractivity (Wildman–Crippen MR) is 77.3 cm³/mol. The number of alkyl halides is 1. The number of halogens is 1. The first-order chi connectivity index (χ1) is 8.69. The summed E-state index contributed by atoms with van der Waals surface area (Å²) in [5, 5.41) is 0. The van der Waals surface area contributed by atoms with Gasteiger partial charge < -0.3 is 9.80 Å². The first-order valence-corrected chi connectivity index (χ1v) is 7.13. The smallest absolute Gasteiger partial charge is 0.0648 e. The van der Waals surface area contributed by atoms with Gasteiger partial charge in [0.1, 0.15) is 0 Å². The van der Waals surface area contributed by atoms with Crippen molar-refractivity contribution in [3.8, 4) is 0 Å². The van der Waals surface area contributed by atoms with E-state index in [1.54, 1.807) is 0 Å². The molecule has 100 valence electrons. The number of rotatable bonds is 4. The van der Waals surface area contributed by atoms with Crippen LogP contribution >= 0.6 is 11.6 Å². The Kier molecular flexibility index (Phi) is 4.84. The van der Waals surface area contributed by atoms with Gasteiger partial charge in [-0.3, -0.25) is 4.98 Å². The molecule has 1 aromatic heterocycles. The van der Waals surface area contributed by atoms with E-state index in [1.807, 2.05) is 6.20 Å². The Morgan fingerprint density at radius 2 is 2.11 bits per heavy atom. The summed E-state index contributed by atoms with van der Waals surface area (Å²) in [4.78, 5) is 8.98. The third kappa shape index (κ3) is 3.59. The van der Waals surface area contributed by atoms with Crippen molar-refractivity contribution in [2.24, 2.45) is 5.92 Å². The van der Waals surface area contributed by atoms with Crippen molar-refractivity contribution >= 4 is 17.3 Å². The number of hydrogen-bond acceptors (Lipinski definition) is 3. The molecule has 4 heteroatoms. The molecule has 0 atom stereocenters. The lowest BCUT2D eigenvalue weighted by Gasteiger charge is -2.34. The van der Waals surface area contributed by atoms with Crippen LogP contribution in [0, 0.1) is 5.92 Å². The number of pyridine rings is 1. The fraction of sp³-hybridized carbons (Fsp3) is 0.643. The molecule has 18 heavy (non-hydrogen) atoms. The number of anilines is 1. The van der Waals surface area contributed by atoms with E-state index in [1.165, 1.54) is 25.1 Å². The van der Waals surface area contributed by atoms with Crippen LogP contribution in [0.3, 0.4) is 0 Å². The monoisotopic (exact) mass is 267 g/mol. The Morgan fingerprint density at radius 3 is 2.72 bits per heavy atom. The normalized spacial score (nSPS) is 17.4. The van der Waals surface area contributed by atoms with Crippen LogP contribution in [0.1, 0.15) is 18.5 Å². The third-order valence-corrected chi connectivity index (χ3v) is 3.81. The number of aromatic nitrogens is 1. The van der Waals surface area contributed by atoms with E-state index in [4.69, 9.17) is 11.6 Å². The van der Waals surface area contributed by atoms with Gasteiger partial charge in [-0.05, 0) is 45.0 Å². The van der Waals surface area contributed by atoms with Gasteiger partial charge >= 0.3 is 0 Å². The summed E-state index contributed by atoms with van der Waals surface area (Å²) in [6.45, 7) is 3.49. The fourth-order valence-corrected chi connectivity index (χ4v) is 2.77. The topological polar surface area (TPSA) is 19.4 Å². The molecule has 0 N–H and O–H groups in total. The molecule has 0 bridgehead atoms. The van der Waals surface area contributed by atoms with Gasteiger partial charge in [-0.2, -0.15) is 0 Å². The molecular formula is C14H22ClN3. The van der Waals surface area contributed by atoms with E-state index in [-0.39, 0.29) is 0 Å².